The van der Waals surface area contributed by atoms with E-state index in [0.717, 1.165) is 5.56 Å². The summed E-state index contributed by atoms with van der Waals surface area (Å²) in [5.74, 6) is -0.151. The van der Waals surface area contributed by atoms with Gasteiger partial charge in [0.1, 0.15) is 5.75 Å². The zero-order valence-electron chi connectivity index (χ0n) is 12.4. The first-order valence-corrected chi connectivity index (χ1v) is 7.06. The molecule has 0 saturated carbocycles. The van der Waals surface area contributed by atoms with Gasteiger partial charge in [-0.2, -0.15) is 0 Å². The second-order valence-corrected chi connectivity index (χ2v) is 5.66. The number of hydrogen-bond acceptors (Lipinski definition) is 2. The number of phenols is 1. The third-order valence-corrected chi connectivity index (χ3v) is 3.75. The maximum atomic E-state index is 12.4. The van der Waals surface area contributed by atoms with Gasteiger partial charge in [-0.1, -0.05) is 35.4 Å². The molecule has 0 unspecified atom stereocenters. The molecule has 2 aromatic rings. The topological polar surface area (TPSA) is 40.5 Å². The van der Waals surface area contributed by atoms with E-state index in [-0.39, 0.29) is 16.7 Å². The van der Waals surface area contributed by atoms with E-state index in [2.05, 4.69) is 6.07 Å². The highest BCUT2D eigenvalue weighted by atomic mass is 35.5. The number of hydrogen-bond donors (Lipinski definition) is 1. The van der Waals surface area contributed by atoms with Crippen molar-refractivity contribution < 1.29 is 9.90 Å². The van der Waals surface area contributed by atoms with Crippen LogP contribution in [0.2, 0.25) is 5.02 Å². The number of aromatic hydroxyl groups is 1. The van der Waals surface area contributed by atoms with E-state index in [0.29, 0.717) is 12.1 Å². The van der Waals surface area contributed by atoms with Crippen molar-refractivity contribution in [1.82, 2.24) is 4.90 Å². The van der Waals surface area contributed by atoms with Crippen LogP contribution in [-0.4, -0.2) is 23.0 Å². The zero-order valence-corrected chi connectivity index (χ0v) is 13.1. The summed E-state index contributed by atoms with van der Waals surface area (Å²) in [4.78, 5) is 14.0. The Morgan fingerprint density at radius 1 is 1.19 bits per heavy atom. The summed E-state index contributed by atoms with van der Waals surface area (Å²) in [6.07, 6.45) is 0. The van der Waals surface area contributed by atoms with Gasteiger partial charge in [-0.25, -0.2) is 0 Å². The average Bonchev–Trinajstić information content (AvgIpc) is 2.44. The number of rotatable bonds is 3. The first-order chi connectivity index (χ1) is 9.88. The Bertz CT molecular complexity index is 682. The molecule has 21 heavy (non-hydrogen) atoms. The Morgan fingerprint density at radius 3 is 2.52 bits per heavy atom. The van der Waals surface area contributed by atoms with Gasteiger partial charge in [-0.15, -0.1) is 0 Å². The first kappa shape index (κ1) is 15.4. The molecule has 0 atom stereocenters. The molecule has 2 aromatic carbocycles. The normalized spacial score (nSPS) is 10.5. The van der Waals surface area contributed by atoms with Crippen LogP contribution in [0.1, 0.15) is 27.0 Å². The molecule has 0 spiro atoms. The van der Waals surface area contributed by atoms with Gasteiger partial charge in [0.25, 0.3) is 5.91 Å². The molecule has 1 amide bonds. The molecule has 0 aliphatic rings. The molecule has 0 heterocycles. The summed E-state index contributed by atoms with van der Waals surface area (Å²) in [6, 6.07) is 10.7. The predicted molar refractivity (Wildman–Crippen MR) is 84.8 cm³/mol. The van der Waals surface area contributed by atoms with Crippen LogP contribution >= 0.6 is 11.6 Å². The Morgan fingerprint density at radius 2 is 1.90 bits per heavy atom. The molecule has 2 rings (SSSR count). The summed E-state index contributed by atoms with van der Waals surface area (Å²) in [7, 11) is 1.75. The second-order valence-electron chi connectivity index (χ2n) is 5.26. The Balaban J connectivity index is 2.17. The van der Waals surface area contributed by atoms with Crippen LogP contribution < -0.4 is 0 Å². The molecule has 0 saturated heterocycles. The number of nitrogens with zero attached hydrogens (tertiary/aromatic N) is 1. The van der Waals surface area contributed by atoms with E-state index in [4.69, 9.17) is 11.6 Å². The summed E-state index contributed by atoms with van der Waals surface area (Å²) in [5.41, 5.74) is 3.94. The van der Waals surface area contributed by atoms with E-state index in [1.165, 1.54) is 23.3 Å². The minimum atomic E-state index is -0.128. The number of phenolic OH excluding ortho intramolecular Hbond substituents is 1. The molecule has 0 fully saturated rings. The number of carbonyl (C=O) groups is 1. The van der Waals surface area contributed by atoms with Crippen molar-refractivity contribution in [2.24, 2.45) is 0 Å². The fourth-order valence-corrected chi connectivity index (χ4v) is 2.39. The SMILES string of the molecule is Cc1ccc(CN(C)C(=O)c2ccc(O)c(Cl)c2)c(C)c1. The van der Waals surface area contributed by atoms with Crippen LogP contribution in [0.3, 0.4) is 0 Å². The van der Waals surface area contributed by atoms with Crippen LogP contribution in [-0.2, 0) is 6.54 Å². The van der Waals surface area contributed by atoms with Crippen LogP contribution in [0.15, 0.2) is 36.4 Å². The molecule has 3 nitrogen and oxygen atoms in total. The van der Waals surface area contributed by atoms with Gasteiger partial charge in [-0.3, -0.25) is 4.79 Å². The molecule has 1 N–H and O–H groups in total. The molecule has 0 aromatic heterocycles. The number of benzene rings is 2. The molecule has 0 radical (unpaired) electrons. The highest BCUT2D eigenvalue weighted by molar-refractivity contribution is 6.32. The molecule has 0 bridgehead atoms. The lowest BCUT2D eigenvalue weighted by Gasteiger charge is -2.19. The monoisotopic (exact) mass is 303 g/mol. The van der Waals surface area contributed by atoms with Gasteiger partial charge in [0.05, 0.1) is 5.02 Å². The summed E-state index contributed by atoms with van der Waals surface area (Å²) in [5, 5.41) is 9.59. The molecule has 0 aliphatic heterocycles. The van der Waals surface area contributed by atoms with Gasteiger partial charge in [0.2, 0.25) is 0 Å². The van der Waals surface area contributed by atoms with Crippen molar-refractivity contribution in [3.8, 4) is 5.75 Å². The van der Waals surface area contributed by atoms with E-state index in [9.17, 15) is 9.90 Å². The Hall–Kier alpha value is -2.00. The van der Waals surface area contributed by atoms with E-state index in [1.807, 2.05) is 26.0 Å². The summed E-state index contributed by atoms with van der Waals surface area (Å²) in [6.45, 7) is 4.62. The van der Waals surface area contributed by atoms with Gasteiger partial charge < -0.3 is 10.0 Å². The van der Waals surface area contributed by atoms with Crippen molar-refractivity contribution >= 4 is 17.5 Å². The Labute approximate surface area is 129 Å². The van der Waals surface area contributed by atoms with Gasteiger partial charge in [-0.05, 0) is 43.2 Å². The second kappa shape index (κ2) is 6.19. The molecular weight excluding hydrogens is 286 g/mol. The first-order valence-electron chi connectivity index (χ1n) is 6.68. The van der Waals surface area contributed by atoms with Crippen molar-refractivity contribution in [3.05, 3.63) is 63.7 Å². The number of aryl methyl sites for hydroxylation is 2. The average molecular weight is 304 g/mol. The number of halogens is 1. The highest BCUT2D eigenvalue weighted by Crippen LogP contribution is 2.24. The van der Waals surface area contributed by atoms with E-state index < -0.39 is 0 Å². The predicted octanol–water partition coefficient (Wildman–Crippen LogP) is 3.93. The van der Waals surface area contributed by atoms with Gasteiger partial charge in [0, 0.05) is 19.2 Å². The van der Waals surface area contributed by atoms with Crippen LogP contribution in [0.4, 0.5) is 0 Å². The van der Waals surface area contributed by atoms with Crippen LogP contribution in [0.25, 0.3) is 0 Å². The zero-order chi connectivity index (χ0) is 15.6. The smallest absolute Gasteiger partial charge is 0.253 e. The maximum Gasteiger partial charge on any atom is 0.253 e. The van der Waals surface area contributed by atoms with E-state index in [1.54, 1.807) is 18.0 Å². The van der Waals surface area contributed by atoms with Crippen molar-refractivity contribution in [3.63, 3.8) is 0 Å². The van der Waals surface area contributed by atoms with E-state index >= 15 is 0 Å². The molecule has 0 aliphatic carbocycles. The molecule has 110 valence electrons. The van der Waals surface area contributed by atoms with Crippen molar-refractivity contribution in [2.75, 3.05) is 7.05 Å². The minimum Gasteiger partial charge on any atom is -0.506 e. The maximum absolute atomic E-state index is 12.4. The molecular formula is C17H18ClNO2. The minimum absolute atomic E-state index is 0.0229. The summed E-state index contributed by atoms with van der Waals surface area (Å²) >= 11 is 5.84. The number of carbonyl (C=O) groups excluding carboxylic acids is 1. The number of amides is 1. The van der Waals surface area contributed by atoms with Gasteiger partial charge in [0.15, 0.2) is 0 Å². The third kappa shape index (κ3) is 3.56. The third-order valence-electron chi connectivity index (χ3n) is 3.45. The lowest BCUT2D eigenvalue weighted by atomic mass is 10.1. The van der Waals surface area contributed by atoms with Crippen LogP contribution in [0.5, 0.6) is 5.75 Å². The lowest BCUT2D eigenvalue weighted by Crippen LogP contribution is -2.26. The standard InChI is InChI=1S/C17H18ClNO2/c1-11-4-5-14(12(2)8-11)10-19(3)17(21)13-6-7-16(20)15(18)9-13/h4-9,20H,10H2,1-3H3. The summed E-state index contributed by atoms with van der Waals surface area (Å²) < 4.78 is 0. The fourth-order valence-electron chi connectivity index (χ4n) is 2.21. The van der Waals surface area contributed by atoms with Crippen LogP contribution in [0, 0.1) is 13.8 Å². The van der Waals surface area contributed by atoms with Gasteiger partial charge >= 0.3 is 0 Å². The lowest BCUT2D eigenvalue weighted by molar-refractivity contribution is 0.0785. The van der Waals surface area contributed by atoms with Crippen molar-refractivity contribution in [2.45, 2.75) is 20.4 Å². The Kier molecular flexibility index (Phi) is 4.53. The largest absolute Gasteiger partial charge is 0.506 e. The molecule has 4 heteroatoms. The quantitative estimate of drug-likeness (QED) is 0.933. The van der Waals surface area contributed by atoms with Crippen molar-refractivity contribution in [1.29, 1.82) is 0 Å². The fraction of sp³-hybridized carbons (Fsp3) is 0.235. The highest BCUT2D eigenvalue weighted by Gasteiger charge is 2.14.